The van der Waals surface area contributed by atoms with Crippen LogP contribution < -0.4 is 0 Å². The molecule has 0 unspecified atom stereocenters. The molecule has 1 heterocycles. The van der Waals surface area contributed by atoms with Crippen LogP contribution in [0.1, 0.15) is 24.5 Å². The van der Waals surface area contributed by atoms with Gasteiger partial charge in [-0.2, -0.15) is 13.9 Å². The van der Waals surface area contributed by atoms with E-state index in [-0.39, 0.29) is 12.1 Å². The van der Waals surface area contributed by atoms with Gasteiger partial charge in [0.2, 0.25) is 0 Å². The third kappa shape index (κ3) is 6.88. The number of rotatable bonds is 11. The van der Waals surface area contributed by atoms with E-state index in [1.54, 1.807) is 43.3 Å². The van der Waals surface area contributed by atoms with Gasteiger partial charge in [-0.15, -0.1) is 11.8 Å². The molecule has 1 N–H and O–H groups in total. The summed E-state index contributed by atoms with van der Waals surface area (Å²) in [4.78, 5) is 4.25. The fraction of sp³-hybridized carbons (Fsp3) is 0.333. The van der Waals surface area contributed by atoms with Crippen molar-refractivity contribution in [1.82, 2.24) is 14.8 Å². The van der Waals surface area contributed by atoms with E-state index >= 15 is 0 Å². The van der Waals surface area contributed by atoms with E-state index in [4.69, 9.17) is 0 Å². The highest BCUT2D eigenvalue weighted by molar-refractivity contribution is 7.99. The summed E-state index contributed by atoms with van der Waals surface area (Å²) in [7, 11) is 0. The molecule has 188 valence electrons. The summed E-state index contributed by atoms with van der Waals surface area (Å²) in [5, 5.41) is 15.5. The number of benzene rings is 2. The lowest BCUT2D eigenvalue weighted by Crippen LogP contribution is -2.39. The molecule has 0 radical (unpaired) electrons. The Bertz CT molecular complexity index is 1120. The first-order valence-corrected chi connectivity index (χ1v) is 11.6. The van der Waals surface area contributed by atoms with Crippen molar-refractivity contribution in [2.75, 3.05) is 5.75 Å². The third-order valence-electron chi connectivity index (χ3n) is 5.51. The van der Waals surface area contributed by atoms with Crippen molar-refractivity contribution in [2.45, 2.75) is 42.7 Å². The molecule has 0 aliphatic heterocycles. The summed E-state index contributed by atoms with van der Waals surface area (Å²) < 4.78 is 80.1. The van der Waals surface area contributed by atoms with Crippen molar-refractivity contribution in [1.29, 1.82) is 0 Å². The van der Waals surface area contributed by atoms with Crippen molar-refractivity contribution < 1.29 is 31.4 Å². The summed E-state index contributed by atoms with van der Waals surface area (Å²) in [6, 6.07) is 9.37. The number of allylic oxidation sites excluding steroid dienone is 1. The molecule has 0 saturated heterocycles. The van der Waals surface area contributed by atoms with E-state index in [9.17, 15) is 31.4 Å². The number of aliphatic hydroxyl groups is 1. The van der Waals surface area contributed by atoms with Crippen LogP contribution in [0, 0.1) is 17.6 Å². The minimum Gasteiger partial charge on any atom is -0.383 e. The van der Waals surface area contributed by atoms with Gasteiger partial charge in [-0.05, 0) is 36.1 Å². The summed E-state index contributed by atoms with van der Waals surface area (Å²) >= 11 is 0.635. The zero-order valence-electron chi connectivity index (χ0n) is 18.6. The zero-order valence-corrected chi connectivity index (χ0v) is 19.4. The largest absolute Gasteiger partial charge is 0.383 e. The minimum atomic E-state index is -4.06. The summed E-state index contributed by atoms with van der Waals surface area (Å²) in [6.07, 6.45) is 2.74. The van der Waals surface area contributed by atoms with Crippen LogP contribution in [0.25, 0.3) is 6.08 Å². The number of aromatic nitrogens is 3. The topological polar surface area (TPSA) is 50.9 Å². The van der Waals surface area contributed by atoms with E-state index in [0.29, 0.717) is 29.1 Å². The Labute approximate surface area is 202 Å². The van der Waals surface area contributed by atoms with Gasteiger partial charge < -0.3 is 5.11 Å². The van der Waals surface area contributed by atoms with Crippen LogP contribution in [0.2, 0.25) is 0 Å². The molecule has 4 nitrogen and oxygen atoms in total. The van der Waals surface area contributed by atoms with Crippen LogP contribution in [0.3, 0.4) is 0 Å². The molecular weight excluding hydrogens is 492 g/mol. The SMILES string of the molecule is C[C@@H](C/C=C/c1ccc(SCC(F)(F)C(F)F)cc1)[C@](O)(Cn1cncn1)c1ccc(F)cc1F. The molecule has 0 amide bonds. The van der Waals surface area contributed by atoms with Crippen molar-refractivity contribution >= 4 is 17.8 Å². The van der Waals surface area contributed by atoms with Crippen molar-refractivity contribution in [3.05, 3.63) is 84.0 Å². The van der Waals surface area contributed by atoms with Gasteiger partial charge in [-0.1, -0.05) is 37.3 Å². The second-order valence-corrected chi connectivity index (χ2v) is 9.15. The Hall–Kier alpha value is -2.79. The van der Waals surface area contributed by atoms with E-state index in [1.807, 2.05) is 0 Å². The molecule has 3 rings (SSSR count). The summed E-state index contributed by atoms with van der Waals surface area (Å²) in [5.74, 6) is -7.27. The molecule has 0 saturated carbocycles. The van der Waals surface area contributed by atoms with Gasteiger partial charge in [0.05, 0.1) is 12.3 Å². The van der Waals surface area contributed by atoms with Gasteiger partial charge in [0.15, 0.2) is 0 Å². The standard InChI is InChI=1S/C24H23F6N3OS/c1-16(3-2-4-17-5-8-19(9-6-17)35-13-24(29,30)22(27)28)23(34,12-33-15-31-14-32-33)20-10-7-18(25)11-21(20)26/h2,4-11,14-16,22,34H,3,12-13H2,1H3/b4-2+/t16-,23+/m0/s1. The monoisotopic (exact) mass is 515 g/mol. The highest BCUT2D eigenvalue weighted by atomic mass is 32.2. The lowest BCUT2D eigenvalue weighted by atomic mass is 9.80. The molecule has 0 aliphatic rings. The number of halogens is 6. The predicted molar refractivity (Wildman–Crippen MR) is 121 cm³/mol. The molecular formula is C24H23F6N3OS. The highest BCUT2D eigenvalue weighted by Crippen LogP contribution is 2.36. The number of alkyl halides is 4. The number of nitrogens with zero attached hydrogens (tertiary/aromatic N) is 3. The predicted octanol–water partition coefficient (Wildman–Crippen LogP) is 6.18. The molecule has 35 heavy (non-hydrogen) atoms. The summed E-state index contributed by atoms with van der Waals surface area (Å²) in [6.45, 7) is 1.60. The number of hydrogen-bond donors (Lipinski definition) is 1. The molecule has 0 aliphatic carbocycles. The van der Waals surface area contributed by atoms with Gasteiger partial charge in [0.25, 0.3) is 0 Å². The van der Waals surface area contributed by atoms with Crippen LogP contribution in [-0.2, 0) is 12.1 Å². The van der Waals surface area contributed by atoms with Crippen LogP contribution >= 0.6 is 11.8 Å². The Morgan fingerprint density at radius 1 is 1.11 bits per heavy atom. The van der Waals surface area contributed by atoms with E-state index in [2.05, 4.69) is 10.1 Å². The Morgan fingerprint density at radius 3 is 2.43 bits per heavy atom. The van der Waals surface area contributed by atoms with Gasteiger partial charge in [-0.3, -0.25) is 0 Å². The lowest BCUT2D eigenvalue weighted by molar-refractivity contribution is -0.109. The smallest absolute Gasteiger partial charge is 0.316 e. The van der Waals surface area contributed by atoms with Crippen LogP contribution in [0.4, 0.5) is 26.3 Å². The zero-order chi connectivity index (χ0) is 25.6. The second-order valence-electron chi connectivity index (χ2n) is 8.10. The molecule has 0 fully saturated rings. The third-order valence-corrected chi connectivity index (χ3v) is 6.65. The van der Waals surface area contributed by atoms with Gasteiger partial charge >= 0.3 is 12.3 Å². The fourth-order valence-corrected chi connectivity index (χ4v) is 4.24. The van der Waals surface area contributed by atoms with Crippen molar-refractivity contribution in [2.24, 2.45) is 5.92 Å². The highest BCUT2D eigenvalue weighted by Gasteiger charge is 2.40. The Balaban J connectivity index is 1.70. The quantitative estimate of drug-likeness (QED) is 0.245. The Kier molecular flexibility index (Phi) is 8.65. The minimum absolute atomic E-state index is 0.0720. The first-order chi connectivity index (χ1) is 16.5. The van der Waals surface area contributed by atoms with Gasteiger partial charge in [0, 0.05) is 16.5 Å². The van der Waals surface area contributed by atoms with Gasteiger partial charge in [0.1, 0.15) is 29.9 Å². The maximum atomic E-state index is 14.6. The lowest BCUT2D eigenvalue weighted by Gasteiger charge is -2.34. The molecule has 0 spiro atoms. The number of hydrogen-bond acceptors (Lipinski definition) is 4. The maximum absolute atomic E-state index is 14.6. The van der Waals surface area contributed by atoms with Crippen molar-refractivity contribution in [3.8, 4) is 0 Å². The average molecular weight is 516 g/mol. The van der Waals surface area contributed by atoms with Gasteiger partial charge in [-0.25, -0.2) is 27.2 Å². The van der Waals surface area contributed by atoms with E-state index in [1.165, 1.54) is 23.4 Å². The Morgan fingerprint density at radius 2 is 1.83 bits per heavy atom. The number of thioether (sulfide) groups is 1. The first kappa shape index (κ1) is 26.8. The molecule has 0 bridgehead atoms. The van der Waals surface area contributed by atoms with Crippen LogP contribution in [0.15, 0.2) is 66.1 Å². The van der Waals surface area contributed by atoms with Crippen LogP contribution in [-0.4, -0.2) is 38.0 Å². The first-order valence-electron chi connectivity index (χ1n) is 10.6. The molecule has 11 heteroatoms. The second kappa shape index (κ2) is 11.3. The van der Waals surface area contributed by atoms with Crippen molar-refractivity contribution in [3.63, 3.8) is 0 Å². The fourth-order valence-electron chi connectivity index (χ4n) is 3.43. The van der Waals surface area contributed by atoms with E-state index in [0.717, 1.165) is 11.6 Å². The molecule has 3 aromatic rings. The molecule has 1 aromatic heterocycles. The van der Waals surface area contributed by atoms with E-state index < -0.39 is 41.3 Å². The molecule has 2 atom stereocenters. The average Bonchev–Trinajstić information content (AvgIpc) is 3.31. The molecule has 2 aromatic carbocycles. The maximum Gasteiger partial charge on any atom is 0.316 e. The van der Waals surface area contributed by atoms with Crippen LogP contribution in [0.5, 0.6) is 0 Å². The summed E-state index contributed by atoms with van der Waals surface area (Å²) in [5.41, 5.74) is -1.08. The normalized spacial score (nSPS) is 15.0.